The number of carboxylic acid groups (broad SMARTS) is 2. The maximum atomic E-state index is 12.9. The van der Waals surface area contributed by atoms with Crippen molar-refractivity contribution in [2.75, 3.05) is 13.1 Å². The molecule has 196 valence electrons. The third-order valence-corrected chi connectivity index (χ3v) is 6.89. The van der Waals surface area contributed by atoms with Crippen LogP contribution in [0.15, 0.2) is 59.3 Å². The van der Waals surface area contributed by atoms with Gasteiger partial charge in [-0.3, -0.25) is 14.7 Å². The van der Waals surface area contributed by atoms with Crippen LogP contribution in [0.25, 0.3) is 11.0 Å². The van der Waals surface area contributed by atoms with Crippen LogP contribution in [0.1, 0.15) is 29.0 Å². The van der Waals surface area contributed by atoms with Gasteiger partial charge in [-0.25, -0.2) is 9.59 Å². The number of fused-ring (bicyclic) bond motifs is 4. The summed E-state index contributed by atoms with van der Waals surface area (Å²) in [6.07, 6.45) is 2.41. The van der Waals surface area contributed by atoms with Crippen molar-refractivity contribution >= 4 is 28.8 Å². The summed E-state index contributed by atoms with van der Waals surface area (Å²) in [6, 6.07) is 14.1. The van der Waals surface area contributed by atoms with Crippen LogP contribution in [-0.4, -0.2) is 85.5 Å². The maximum Gasteiger partial charge on any atom is 0.335 e. The van der Waals surface area contributed by atoms with Crippen molar-refractivity contribution < 1.29 is 39.2 Å². The lowest BCUT2D eigenvalue weighted by Gasteiger charge is -2.51. The fourth-order valence-electron chi connectivity index (χ4n) is 4.97. The number of carbonyl (C=O) groups excluding carboxylic acids is 1. The first-order chi connectivity index (χ1) is 17.7. The Labute approximate surface area is 212 Å². The van der Waals surface area contributed by atoms with Gasteiger partial charge in [-0.15, -0.1) is 0 Å². The number of carboxylic acids is 2. The van der Waals surface area contributed by atoms with Crippen LogP contribution in [-0.2, 0) is 16.0 Å². The Morgan fingerprint density at radius 1 is 1.03 bits per heavy atom. The number of para-hydroxylation sites is 1. The number of aliphatic carboxylic acids is 2. The molecule has 0 radical (unpaired) electrons. The predicted molar refractivity (Wildman–Crippen MR) is 131 cm³/mol. The average Bonchev–Trinajstić information content (AvgIpc) is 3.35. The Morgan fingerprint density at radius 2 is 1.70 bits per heavy atom. The lowest BCUT2D eigenvalue weighted by atomic mass is 9.76. The van der Waals surface area contributed by atoms with E-state index in [2.05, 4.69) is 21.3 Å². The molecule has 1 amide bonds. The quantitative estimate of drug-likeness (QED) is 0.309. The smallest absolute Gasteiger partial charge is 0.335 e. The van der Waals surface area contributed by atoms with Crippen molar-refractivity contribution in [3.8, 4) is 0 Å². The lowest BCUT2D eigenvalue weighted by Crippen LogP contribution is -2.64. The third-order valence-electron chi connectivity index (χ3n) is 6.89. The highest BCUT2D eigenvalue weighted by molar-refractivity contribution is 5.96. The molecule has 4 atom stereocenters. The van der Waals surface area contributed by atoms with E-state index in [-0.39, 0.29) is 11.9 Å². The summed E-state index contributed by atoms with van der Waals surface area (Å²) in [5.41, 5.74) is 1.97. The monoisotopic (exact) mass is 511 g/mol. The fraction of sp³-hybridized carbons (Fsp3) is 0.385. The second-order valence-electron chi connectivity index (χ2n) is 9.22. The average molecular weight is 512 g/mol. The number of piperidine rings is 3. The fourth-order valence-corrected chi connectivity index (χ4v) is 4.97. The molecule has 5 N–H and O–H groups in total. The van der Waals surface area contributed by atoms with Gasteiger partial charge in [0.25, 0.3) is 5.91 Å². The number of aliphatic hydroxyl groups is 2. The van der Waals surface area contributed by atoms with E-state index in [1.54, 1.807) is 6.20 Å². The lowest BCUT2D eigenvalue weighted by molar-refractivity contribution is -0.165. The molecule has 3 aliphatic rings. The summed E-state index contributed by atoms with van der Waals surface area (Å²) in [4.78, 5) is 39.2. The van der Waals surface area contributed by atoms with Gasteiger partial charge in [0.15, 0.2) is 18.0 Å². The van der Waals surface area contributed by atoms with Gasteiger partial charge in [0.1, 0.15) is 5.58 Å². The van der Waals surface area contributed by atoms with E-state index < -0.39 is 24.1 Å². The molecule has 37 heavy (non-hydrogen) atoms. The van der Waals surface area contributed by atoms with E-state index >= 15 is 0 Å². The first-order valence-corrected chi connectivity index (χ1v) is 12.0. The zero-order chi connectivity index (χ0) is 26.5. The van der Waals surface area contributed by atoms with Crippen molar-refractivity contribution in [1.29, 1.82) is 0 Å². The third kappa shape index (κ3) is 6.13. The number of amides is 1. The summed E-state index contributed by atoms with van der Waals surface area (Å²) >= 11 is 0. The first kappa shape index (κ1) is 26.3. The van der Waals surface area contributed by atoms with Crippen LogP contribution >= 0.6 is 0 Å². The number of rotatable bonds is 7. The van der Waals surface area contributed by atoms with Crippen molar-refractivity contribution in [2.24, 2.45) is 5.92 Å². The minimum atomic E-state index is -2.27. The molecule has 1 aromatic carbocycles. The molecular weight excluding hydrogens is 482 g/mol. The standard InChI is InChI=1S/C22H23N3O2.C4H6O6/c26-22(20-13-17-5-1-2-6-19(17)27-20)24-21-16-7-10-25(11-8-16)18(21)12-15-4-3-9-23-14-15;5-1(3(7)8)2(6)4(9)10/h1-6,9,13-14,16,18,21H,7-8,10-12H2,(H,24,26);1-2,5-6H,(H,7,8)(H,9,10)/t18-,21+;/m0./s1. The molecule has 6 rings (SSSR count). The Bertz CT molecular complexity index is 1190. The SMILES string of the molecule is O=C(N[C@@H]1C2CCN(CC2)[C@H]1Cc1cccnc1)c1cc2ccccc2o1.O=C(O)C(O)C(O)C(=O)O. The van der Waals surface area contributed by atoms with Crippen LogP contribution in [0.5, 0.6) is 0 Å². The Balaban J connectivity index is 0.000000275. The molecule has 2 unspecified atom stereocenters. The number of carbonyl (C=O) groups is 3. The number of benzene rings is 1. The van der Waals surface area contributed by atoms with E-state index in [1.165, 1.54) is 5.56 Å². The molecular formula is C26H29N3O8. The van der Waals surface area contributed by atoms with Gasteiger partial charge in [-0.1, -0.05) is 24.3 Å². The van der Waals surface area contributed by atoms with Crippen LogP contribution in [0.4, 0.5) is 0 Å². The summed E-state index contributed by atoms with van der Waals surface area (Å²) < 4.78 is 5.77. The molecule has 0 spiro atoms. The van der Waals surface area contributed by atoms with Gasteiger partial charge in [0.05, 0.1) is 0 Å². The number of nitrogens with one attached hydrogen (secondary N) is 1. The molecule has 2 aromatic heterocycles. The Kier molecular flexibility index (Phi) is 8.17. The van der Waals surface area contributed by atoms with Crippen molar-refractivity contribution in [1.82, 2.24) is 15.2 Å². The summed E-state index contributed by atoms with van der Waals surface area (Å²) in [7, 11) is 0. The Hall–Kier alpha value is -3.80. The number of aliphatic hydroxyl groups excluding tert-OH is 2. The zero-order valence-corrected chi connectivity index (χ0v) is 19.9. The van der Waals surface area contributed by atoms with E-state index in [0.29, 0.717) is 17.7 Å². The maximum absolute atomic E-state index is 12.9. The van der Waals surface area contributed by atoms with Crippen LogP contribution in [0, 0.1) is 5.92 Å². The number of nitrogens with zero attached hydrogens (tertiary/aromatic N) is 2. The first-order valence-electron chi connectivity index (χ1n) is 12.0. The van der Waals surface area contributed by atoms with E-state index in [9.17, 15) is 14.4 Å². The minimum Gasteiger partial charge on any atom is -0.479 e. The van der Waals surface area contributed by atoms with Crippen LogP contribution in [0.3, 0.4) is 0 Å². The van der Waals surface area contributed by atoms with Gasteiger partial charge < -0.3 is 30.2 Å². The molecule has 5 heterocycles. The second-order valence-corrected chi connectivity index (χ2v) is 9.22. The summed E-state index contributed by atoms with van der Waals surface area (Å²) in [5.74, 6) is -2.72. The topological polar surface area (TPSA) is 173 Å². The van der Waals surface area contributed by atoms with Crippen molar-refractivity contribution in [3.05, 3.63) is 66.2 Å². The van der Waals surface area contributed by atoms with Crippen LogP contribution in [0.2, 0.25) is 0 Å². The number of furan rings is 1. The Morgan fingerprint density at radius 3 is 2.30 bits per heavy atom. The highest BCUT2D eigenvalue weighted by atomic mass is 16.4. The molecule has 2 bridgehead atoms. The highest BCUT2D eigenvalue weighted by Crippen LogP contribution is 2.34. The van der Waals surface area contributed by atoms with E-state index in [4.69, 9.17) is 24.8 Å². The van der Waals surface area contributed by atoms with Gasteiger partial charge >= 0.3 is 11.9 Å². The van der Waals surface area contributed by atoms with Crippen molar-refractivity contribution in [3.63, 3.8) is 0 Å². The number of pyridine rings is 1. The van der Waals surface area contributed by atoms with E-state index in [1.807, 2.05) is 42.6 Å². The molecule has 0 saturated carbocycles. The molecule has 3 aliphatic heterocycles. The molecule has 3 aromatic rings. The van der Waals surface area contributed by atoms with Gasteiger partial charge in [0.2, 0.25) is 0 Å². The van der Waals surface area contributed by atoms with Gasteiger partial charge in [-0.2, -0.15) is 0 Å². The predicted octanol–water partition coefficient (Wildman–Crippen LogP) is 1.14. The van der Waals surface area contributed by atoms with Gasteiger partial charge in [-0.05, 0) is 62.0 Å². The highest BCUT2D eigenvalue weighted by Gasteiger charge is 2.43. The van der Waals surface area contributed by atoms with Crippen LogP contribution < -0.4 is 5.32 Å². The molecule has 3 saturated heterocycles. The largest absolute Gasteiger partial charge is 0.479 e. The second kappa shape index (κ2) is 11.5. The number of hydrogen-bond donors (Lipinski definition) is 5. The zero-order valence-electron chi connectivity index (χ0n) is 19.9. The number of hydrogen-bond acceptors (Lipinski definition) is 8. The normalized spacial score (nSPS) is 23.9. The molecule has 11 nitrogen and oxygen atoms in total. The van der Waals surface area contributed by atoms with Crippen molar-refractivity contribution in [2.45, 2.75) is 43.6 Å². The number of aromatic nitrogens is 1. The molecule has 0 aliphatic carbocycles. The summed E-state index contributed by atoms with van der Waals surface area (Å²) in [5, 5.41) is 36.8. The summed E-state index contributed by atoms with van der Waals surface area (Å²) in [6.45, 7) is 2.24. The van der Waals surface area contributed by atoms with E-state index in [0.717, 1.165) is 43.3 Å². The molecule has 3 fully saturated rings. The van der Waals surface area contributed by atoms with Gasteiger partial charge in [0, 0.05) is 29.9 Å². The minimum absolute atomic E-state index is 0.110. The molecule has 11 heteroatoms.